The number of fused-ring (bicyclic) bond motifs is 1. The van der Waals surface area contributed by atoms with E-state index in [9.17, 15) is 9.59 Å². The number of benzene rings is 1. The van der Waals surface area contributed by atoms with E-state index in [4.69, 9.17) is 4.74 Å². The Morgan fingerprint density at radius 1 is 1.08 bits per heavy atom. The molecule has 3 rings (SSSR count). The number of carbonyl (C=O) groups is 2. The summed E-state index contributed by atoms with van der Waals surface area (Å²) in [6.07, 6.45) is 3.88. The van der Waals surface area contributed by atoms with Gasteiger partial charge in [-0.3, -0.25) is 9.59 Å². The molecule has 1 aromatic rings. The van der Waals surface area contributed by atoms with Crippen molar-refractivity contribution in [3.8, 4) is 0 Å². The molecule has 2 aliphatic rings. The molecule has 0 radical (unpaired) electrons. The van der Waals surface area contributed by atoms with Gasteiger partial charge in [-0.25, -0.2) is 0 Å². The minimum absolute atomic E-state index is 0.0365. The zero-order valence-electron chi connectivity index (χ0n) is 15.2. The molecule has 0 aliphatic carbocycles. The normalized spacial score (nSPS) is 26.7. The molecular weight excluding hydrogens is 316 g/mol. The Hall–Kier alpha value is -1.88. The topological polar surface area (TPSA) is 49.9 Å². The van der Waals surface area contributed by atoms with Crippen molar-refractivity contribution in [2.24, 2.45) is 0 Å². The number of piperidine rings is 1. The average Bonchev–Trinajstić information content (AvgIpc) is 2.85. The van der Waals surface area contributed by atoms with E-state index in [0.717, 1.165) is 38.8 Å². The van der Waals surface area contributed by atoms with E-state index < -0.39 is 0 Å². The second kappa shape index (κ2) is 8.00. The molecule has 0 spiro atoms. The molecule has 136 valence electrons. The summed E-state index contributed by atoms with van der Waals surface area (Å²) in [6.45, 7) is 3.28. The number of ether oxygens (including phenoxy) is 1. The maximum absolute atomic E-state index is 12.6. The molecule has 0 aromatic heterocycles. The molecule has 0 saturated carbocycles. The summed E-state index contributed by atoms with van der Waals surface area (Å²) in [6, 6.07) is 10.6. The first-order valence-electron chi connectivity index (χ1n) is 9.24. The van der Waals surface area contributed by atoms with E-state index in [-0.39, 0.29) is 36.4 Å². The number of rotatable bonds is 3. The molecule has 5 nitrogen and oxygen atoms in total. The van der Waals surface area contributed by atoms with Crippen LogP contribution in [-0.2, 0) is 14.3 Å². The smallest absolute Gasteiger partial charge is 0.248 e. The number of nitrogens with zero attached hydrogens (tertiary/aromatic N) is 2. The van der Waals surface area contributed by atoms with Gasteiger partial charge in [-0.05, 0) is 31.2 Å². The van der Waals surface area contributed by atoms with Crippen LogP contribution in [0.3, 0.4) is 0 Å². The van der Waals surface area contributed by atoms with E-state index in [1.54, 1.807) is 14.0 Å². The van der Waals surface area contributed by atoms with Crippen LogP contribution >= 0.6 is 0 Å². The van der Waals surface area contributed by atoms with Crippen LogP contribution in [0.2, 0.25) is 0 Å². The van der Waals surface area contributed by atoms with E-state index in [1.807, 2.05) is 15.9 Å². The zero-order valence-corrected chi connectivity index (χ0v) is 15.2. The first kappa shape index (κ1) is 17.9. The third kappa shape index (κ3) is 3.71. The molecule has 1 aromatic carbocycles. The highest BCUT2D eigenvalue weighted by atomic mass is 16.5. The standard InChI is InChI=1S/C20H28N2O3/c1-15(23)21-12-7-6-10-18-20(21)17(16-8-4-3-5-9-16)11-13-22(18)19(24)14-25-2/h3-5,8-9,17-18,20H,6-7,10-14H2,1-2H3/t17-,18-,20-/m1/s1. The Morgan fingerprint density at radius 2 is 1.84 bits per heavy atom. The van der Waals surface area contributed by atoms with Crippen molar-refractivity contribution in [1.82, 2.24) is 9.80 Å². The van der Waals surface area contributed by atoms with Crippen LogP contribution < -0.4 is 0 Å². The number of likely N-dealkylation sites (tertiary alicyclic amines) is 2. The van der Waals surface area contributed by atoms with Gasteiger partial charge in [0.05, 0.1) is 12.1 Å². The van der Waals surface area contributed by atoms with Crippen LogP contribution in [-0.4, -0.2) is 60.5 Å². The number of carbonyl (C=O) groups excluding carboxylic acids is 2. The summed E-state index contributed by atoms with van der Waals surface area (Å²) in [5, 5.41) is 0. The molecule has 3 atom stereocenters. The highest BCUT2D eigenvalue weighted by Gasteiger charge is 2.45. The van der Waals surface area contributed by atoms with Crippen molar-refractivity contribution in [2.45, 2.75) is 50.6 Å². The van der Waals surface area contributed by atoms with Gasteiger partial charge >= 0.3 is 0 Å². The maximum atomic E-state index is 12.6. The van der Waals surface area contributed by atoms with Crippen molar-refractivity contribution >= 4 is 11.8 Å². The number of hydrogen-bond acceptors (Lipinski definition) is 3. The fourth-order valence-electron chi connectivity index (χ4n) is 4.55. The van der Waals surface area contributed by atoms with Gasteiger partial charge < -0.3 is 14.5 Å². The van der Waals surface area contributed by atoms with Crippen molar-refractivity contribution in [1.29, 1.82) is 0 Å². The van der Waals surface area contributed by atoms with Gasteiger partial charge in [-0.2, -0.15) is 0 Å². The Labute approximate surface area is 149 Å². The molecule has 0 unspecified atom stereocenters. The van der Waals surface area contributed by atoms with Crippen LogP contribution in [0.25, 0.3) is 0 Å². The van der Waals surface area contributed by atoms with E-state index in [1.165, 1.54) is 5.56 Å². The van der Waals surface area contributed by atoms with Gasteiger partial charge in [-0.15, -0.1) is 0 Å². The summed E-state index contributed by atoms with van der Waals surface area (Å²) in [4.78, 5) is 28.9. The molecule has 2 aliphatic heterocycles. The Balaban J connectivity index is 1.97. The van der Waals surface area contributed by atoms with Crippen molar-refractivity contribution in [2.75, 3.05) is 26.8 Å². The molecule has 2 saturated heterocycles. The number of methoxy groups -OCH3 is 1. The van der Waals surface area contributed by atoms with Gasteiger partial charge in [0.2, 0.25) is 11.8 Å². The Morgan fingerprint density at radius 3 is 2.52 bits per heavy atom. The van der Waals surface area contributed by atoms with Gasteiger partial charge in [0.1, 0.15) is 6.61 Å². The third-order valence-electron chi connectivity index (χ3n) is 5.62. The Kier molecular flexibility index (Phi) is 5.74. The second-order valence-corrected chi connectivity index (χ2v) is 7.09. The predicted molar refractivity (Wildman–Crippen MR) is 96.2 cm³/mol. The van der Waals surface area contributed by atoms with E-state index in [0.29, 0.717) is 0 Å². The Bertz CT molecular complexity index is 604. The molecule has 0 bridgehead atoms. The van der Waals surface area contributed by atoms with Crippen LogP contribution in [0.1, 0.15) is 44.1 Å². The predicted octanol–water partition coefficient (Wildman–Crippen LogP) is 2.42. The minimum atomic E-state index is 0.0365. The quantitative estimate of drug-likeness (QED) is 0.846. The zero-order chi connectivity index (χ0) is 17.8. The molecule has 0 N–H and O–H groups in total. The fourth-order valence-corrected chi connectivity index (χ4v) is 4.55. The van der Waals surface area contributed by atoms with Crippen LogP contribution in [0.15, 0.2) is 30.3 Å². The summed E-state index contributed by atoms with van der Waals surface area (Å²) >= 11 is 0. The molecule has 5 heteroatoms. The van der Waals surface area contributed by atoms with Gasteiger partial charge in [0, 0.05) is 33.0 Å². The van der Waals surface area contributed by atoms with Gasteiger partial charge in [0.15, 0.2) is 0 Å². The lowest BCUT2D eigenvalue weighted by atomic mass is 9.79. The first-order chi connectivity index (χ1) is 12.1. The lowest BCUT2D eigenvalue weighted by molar-refractivity contribution is -0.145. The SMILES string of the molecule is COCC(=O)N1CC[C@H](c2ccccc2)[C@@H]2[C@H]1CCCCN2C(C)=O. The summed E-state index contributed by atoms with van der Waals surface area (Å²) in [5.41, 5.74) is 1.27. The van der Waals surface area contributed by atoms with Crippen molar-refractivity contribution in [3.63, 3.8) is 0 Å². The van der Waals surface area contributed by atoms with Crippen LogP contribution in [0, 0.1) is 0 Å². The van der Waals surface area contributed by atoms with Gasteiger partial charge in [0.25, 0.3) is 0 Å². The maximum Gasteiger partial charge on any atom is 0.248 e. The molecule has 25 heavy (non-hydrogen) atoms. The lowest BCUT2D eigenvalue weighted by Gasteiger charge is -2.49. The van der Waals surface area contributed by atoms with Crippen molar-refractivity contribution < 1.29 is 14.3 Å². The van der Waals surface area contributed by atoms with Crippen molar-refractivity contribution in [3.05, 3.63) is 35.9 Å². The van der Waals surface area contributed by atoms with E-state index >= 15 is 0 Å². The van der Waals surface area contributed by atoms with Crippen LogP contribution in [0.4, 0.5) is 0 Å². The highest BCUT2D eigenvalue weighted by molar-refractivity contribution is 5.78. The molecule has 2 heterocycles. The largest absolute Gasteiger partial charge is 0.375 e. The number of amides is 2. The molecule has 2 amide bonds. The minimum Gasteiger partial charge on any atom is -0.375 e. The van der Waals surface area contributed by atoms with Gasteiger partial charge in [-0.1, -0.05) is 30.3 Å². The van der Waals surface area contributed by atoms with Crippen LogP contribution in [0.5, 0.6) is 0 Å². The summed E-state index contributed by atoms with van der Waals surface area (Å²) < 4.78 is 5.08. The number of hydrogen-bond donors (Lipinski definition) is 0. The molecular formula is C20H28N2O3. The monoisotopic (exact) mass is 344 g/mol. The average molecular weight is 344 g/mol. The molecule has 2 fully saturated rings. The highest BCUT2D eigenvalue weighted by Crippen LogP contribution is 2.39. The lowest BCUT2D eigenvalue weighted by Crippen LogP contribution is -2.60. The summed E-state index contributed by atoms with van der Waals surface area (Å²) in [7, 11) is 1.56. The fraction of sp³-hybridized carbons (Fsp3) is 0.600. The summed E-state index contributed by atoms with van der Waals surface area (Å²) in [5.74, 6) is 0.424. The first-order valence-corrected chi connectivity index (χ1v) is 9.24. The second-order valence-electron chi connectivity index (χ2n) is 7.09. The van der Waals surface area contributed by atoms with E-state index in [2.05, 4.69) is 24.3 Å². The third-order valence-corrected chi connectivity index (χ3v) is 5.62.